The Balaban J connectivity index is 2.03. The molecule has 4 heteroatoms. The zero-order valence-electron chi connectivity index (χ0n) is 6.36. The summed E-state index contributed by atoms with van der Waals surface area (Å²) in [6, 6.07) is 0. The van der Waals surface area contributed by atoms with Crippen molar-refractivity contribution < 1.29 is 19.1 Å². The molecule has 0 saturated carbocycles. The molecular formula is C8H8O4. The van der Waals surface area contributed by atoms with Crippen molar-refractivity contribution in [3.63, 3.8) is 0 Å². The summed E-state index contributed by atoms with van der Waals surface area (Å²) in [5.74, 6) is -1.32. The Labute approximate surface area is 68.8 Å². The predicted octanol–water partition coefficient (Wildman–Crippen LogP) is -0.137. The Hall–Kier alpha value is -0.900. The second kappa shape index (κ2) is 1.88. The van der Waals surface area contributed by atoms with E-state index in [0.717, 1.165) is 12.8 Å². The molecule has 0 aromatic heterocycles. The molecule has 2 bridgehead atoms. The van der Waals surface area contributed by atoms with E-state index in [1.54, 1.807) is 0 Å². The van der Waals surface area contributed by atoms with Crippen LogP contribution in [0.2, 0.25) is 0 Å². The number of carbonyl (C=O) groups excluding carboxylic acids is 2. The first-order chi connectivity index (χ1) is 5.77. The molecule has 64 valence electrons. The average Bonchev–Trinajstić information content (AvgIpc) is 2.64. The fraction of sp³-hybridized carbons (Fsp3) is 0.750. The Bertz CT molecular complexity index is 246. The van der Waals surface area contributed by atoms with Crippen molar-refractivity contribution in [2.24, 2.45) is 11.8 Å². The van der Waals surface area contributed by atoms with Gasteiger partial charge >= 0.3 is 11.9 Å². The molecule has 0 aromatic rings. The molecule has 4 nitrogen and oxygen atoms in total. The number of rotatable bonds is 0. The summed E-state index contributed by atoms with van der Waals surface area (Å²) in [6.07, 6.45) is 1.71. The normalized spacial score (nSPS) is 49.7. The van der Waals surface area contributed by atoms with Crippen molar-refractivity contribution in [3.8, 4) is 0 Å². The van der Waals surface area contributed by atoms with Gasteiger partial charge in [0.1, 0.15) is 0 Å². The average molecular weight is 168 g/mol. The van der Waals surface area contributed by atoms with Gasteiger partial charge in [0.15, 0.2) is 0 Å². The minimum Gasteiger partial charge on any atom is -0.393 e. The van der Waals surface area contributed by atoms with Gasteiger partial charge in [-0.15, -0.1) is 0 Å². The molecule has 3 heterocycles. The molecule has 0 aliphatic carbocycles. The number of carbonyl (C=O) groups is 2. The first-order valence-electron chi connectivity index (χ1n) is 4.18. The van der Waals surface area contributed by atoms with Gasteiger partial charge in [-0.3, -0.25) is 9.59 Å². The van der Waals surface area contributed by atoms with Crippen molar-refractivity contribution in [2.45, 2.75) is 25.0 Å². The van der Waals surface area contributed by atoms with Gasteiger partial charge in [-0.2, -0.15) is 0 Å². The minimum atomic E-state index is -0.378. The first-order valence-corrected chi connectivity index (χ1v) is 4.18. The van der Waals surface area contributed by atoms with Crippen LogP contribution in [0.15, 0.2) is 0 Å². The van der Waals surface area contributed by atoms with Crippen molar-refractivity contribution in [1.29, 1.82) is 0 Å². The van der Waals surface area contributed by atoms with Gasteiger partial charge in [-0.1, -0.05) is 0 Å². The highest BCUT2D eigenvalue weighted by molar-refractivity contribution is 5.97. The van der Waals surface area contributed by atoms with Crippen LogP contribution >= 0.6 is 0 Å². The molecule has 0 unspecified atom stereocenters. The van der Waals surface area contributed by atoms with E-state index in [1.165, 1.54) is 0 Å². The standard InChI is InChI=1S/C8H8O4/c9-7-5-3-1-2-4(11-3)6(5)8(10)12-7/h3-6H,1-2H2/t3-,4-,5+,6+/m1/s1. The highest BCUT2D eigenvalue weighted by Gasteiger charge is 2.61. The predicted molar refractivity (Wildman–Crippen MR) is 36.0 cm³/mol. The smallest absolute Gasteiger partial charge is 0.320 e. The Morgan fingerprint density at radius 3 is 2.00 bits per heavy atom. The molecule has 3 aliphatic heterocycles. The van der Waals surface area contributed by atoms with Gasteiger partial charge in [0.25, 0.3) is 0 Å². The molecule has 0 spiro atoms. The van der Waals surface area contributed by atoms with Crippen LogP contribution in [0.3, 0.4) is 0 Å². The van der Waals surface area contributed by atoms with Crippen molar-refractivity contribution in [2.75, 3.05) is 0 Å². The summed E-state index contributed by atoms with van der Waals surface area (Å²) in [6.45, 7) is 0. The lowest BCUT2D eigenvalue weighted by atomic mass is 9.81. The van der Waals surface area contributed by atoms with Gasteiger partial charge < -0.3 is 9.47 Å². The van der Waals surface area contributed by atoms with E-state index in [0.29, 0.717) is 0 Å². The molecule has 0 radical (unpaired) electrons. The topological polar surface area (TPSA) is 52.6 Å². The second-order valence-electron chi connectivity index (χ2n) is 3.58. The SMILES string of the molecule is O=C1OC(=O)[C@@H]2[C@@H]1[C@H]1CC[C@H]2O1. The summed E-state index contributed by atoms with van der Waals surface area (Å²) in [5.41, 5.74) is 0. The Morgan fingerprint density at radius 2 is 1.50 bits per heavy atom. The van der Waals surface area contributed by atoms with Crippen LogP contribution < -0.4 is 0 Å². The van der Waals surface area contributed by atoms with Gasteiger partial charge in [0.05, 0.1) is 24.0 Å². The van der Waals surface area contributed by atoms with Crippen LogP contribution in [0.1, 0.15) is 12.8 Å². The lowest BCUT2D eigenvalue weighted by Gasteiger charge is -2.13. The van der Waals surface area contributed by atoms with Crippen LogP contribution in [-0.2, 0) is 19.1 Å². The van der Waals surface area contributed by atoms with E-state index in [4.69, 9.17) is 4.74 Å². The molecule has 3 rings (SSSR count). The zero-order chi connectivity index (χ0) is 8.29. The van der Waals surface area contributed by atoms with E-state index in [2.05, 4.69) is 4.74 Å². The molecule has 3 aliphatic rings. The summed E-state index contributed by atoms with van der Waals surface area (Å²) < 4.78 is 10.0. The number of fused-ring (bicyclic) bond motifs is 5. The van der Waals surface area contributed by atoms with Crippen LogP contribution in [0.25, 0.3) is 0 Å². The second-order valence-corrected chi connectivity index (χ2v) is 3.58. The van der Waals surface area contributed by atoms with Crippen LogP contribution in [0.4, 0.5) is 0 Å². The fourth-order valence-electron chi connectivity index (χ4n) is 2.51. The Kier molecular flexibility index (Phi) is 1.03. The highest BCUT2D eigenvalue weighted by Crippen LogP contribution is 2.47. The zero-order valence-corrected chi connectivity index (χ0v) is 6.36. The van der Waals surface area contributed by atoms with Crippen LogP contribution in [0.5, 0.6) is 0 Å². The Morgan fingerprint density at radius 1 is 1.00 bits per heavy atom. The molecular weight excluding hydrogens is 160 g/mol. The molecule has 12 heavy (non-hydrogen) atoms. The number of ether oxygens (including phenoxy) is 2. The number of cyclic esters (lactones) is 2. The maximum Gasteiger partial charge on any atom is 0.320 e. The minimum absolute atomic E-state index is 0.0426. The molecule has 0 N–H and O–H groups in total. The van der Waals surface area contributed by atoms with E-state index in [9.17, 15) is 9.59 Å². The largest absolute Gasteiger partial charge is 0.393 e. The third-order valence-electron chi connectivity index (χ3n) is 3.02. The molecule has 3 fully saturated rings. The summed E-state index contributed by atoms with van der Waals surface area (Å²) in [4.78, 5) is 22.3. The van der Waals surface area contributed by atoms with E-state index >= 15 is 0 Å². The summed E-state index contributed by atoms with van der Waals surface area (Å²) in [7, 11) is 0. The first kappa shape index (κ1) is 6.60. The van der Waals surface area contributed by atoms with E-state index < -0.39 is 0 Å². The van der Waals surface area contributed by atoms with Crippen molar-refractivity contribution in [1.82, 2.24) is 0 Å². The number of hydrogen-bond donors (Lipinski definition) is 0. The molecule has 3 saturated heterocycles. The molecule has 0 aromatic carbocycles. The number of esters is 2. The molecule has 0 amide bonds. The quantitative estimate of drug-likeness (QED) is 0.373. The van der Waals surface area contributed by atoms with Gasteiger partial charge in [0, 0.05) is 0 Å². The maximum absolute atomic E-state index is 11.1. The van der Waals surface area contributed by atoms with E-state index in [1.807, 2.05) is 0 Å². The summed E-state index contributed by atoms with van der Waals surface area (Å²) >= 11 is 0. The molecule has 4 atom stereocenters. The summed E-state index contributed by atoms with van der Waals surface area (Å²) in [5, 5.41) is 0. The van der Waals surface area contributed by atoms with Gasteiger partial charge in [0.2, 0.25) is 0 Å². The van der Waals surface area contributed by atoms with Crippen molar-refractivity contribution >= 4 is 11.9 Å². The number of hydrogen-bond acceptors (Lipinski definition) is 4. The monoisotopic (exact) mass is 168 g/mol. The fourth-order valence-corrected chi connectivity index (χ4v) is 2.51. The van der Waals surface area contributed by atoms with Crippen LogP contribution in [0, 0.1) is 11.8 Å². The maximum atomic E-state index is 11.1. The third-order valence-corrected chi connectivity index (χ3v) is 3.02. The van der Waals surface area contributed by atoms with Gasteiger partial charge in [-0.25, -0.2) is 0 Å². The van der Waals surface area contributed by atoms with Crippen molar-refractivity contribution in [3.05, 3.63) is 0 Å². The highest BCUT2D eigenvalue weighted by atomic mass is 16.6. The van der Waals surface area contributed by atoms with E-state index in [-0.39, 0.29) is 36.0 Å². The third kappa shape index (κ3) is 0.579. The lowest BCUT2D eigenvalue weighted by molar-refractivity contribution is -0.156. The van der Waals surface area contributed by atoms with Gasteiger partial charge in [-0.05, 0) is 12.8 Å². The lowest BCUT2D eigenvalue weighted by Crippen LogP contribution is -2.29. The van der Waals surface area contributed by atoms with Crippen LogP contribution in [-0.4, -0.2) is 24.1 Å².